The molecule has 0 aromatic heterocycles. The molecule has 16 heavy (non-hydrogen) atoms. The molecule has 4 nitrogen and oxygen atoms in total. The van der Waals surface area contributed by atoms with Crippen molar-refractivity contribution >= 4 is 17.5 Å². The van der Waals surface area contributed by atoms with Crippen LogP contribution in [0.5, 0.6) is 0 Å². The second kappa shape index (κ2) is 5.84. The van der Waals surface area contributed by atoms with Crippen LogP contribution in [0.25, 0.3) is 0 Å². The number of nitrogens with one attached hydrogen (secondary N) is 1. The molecule has 1 aromatic rings. The highest BCUT2D eigenvalue weighted by atomic mass is 35.5. The van der Waals surface area contributed by atoms with Crippen LogP contribution in [0.3, 0.4) is 0 Å². The van der Waals surface area contributed by atoms with Gasteiger partial charge in [0.25, 0.3) is 0 Å². The van der Waals surface area contributed by atoms with E-state index in [0.29, 0.717) is 11.6 Å². The van der Waals surface area contributed by atoms with E-state index in [2.05, 4.69) is 5.32 Å². The fourth-order valence-corrected chi connectivity index (χ4v) is 1.64. The minimum Gasteiger partial charge on any atom is -0.368 e. The summed E-state index contributed by atoms with van der Waals surface area (Å²) in [6, 6.07) is 6.88. The van der Waals surface area contributed by atoms with Crippen LogP contribution >= 0.6 is 11.6 Å². The van der Waals surface area contributed by atoms with E-state index in [0.717, 1.165) is 5.56 Å². The van der Waals surface area contributed by atoms with E-state index in [1.165, 1.54) is 0 Å². The van der Waals surface area contributed by atoms with E-state index >= 15 is 0 Å². The molecule has 5 N–H and O–H groups in total. The number of hydrogen-bond donors (Lipinski definition) is 3. The Morgan fingerprint density at radius 1 is 1.50 bits per heavy atom. The molecule has 1 rings (SSSR count). The molecule has 0 heterocycles. The van der Waals surface area contributed by atoms with Crippen LogP contribution in [0.2, 0.25) is 5.02 Å². The van der Waals surface area contributed by atoms with Crippen LogP contribution in [0.4, 0.5) is 0 Å². The molecule has 0 aliphatic heterocycles. The zero-order valence-corrected chi connectivity index (χ0v) is 9.87. The highest BCUT2D eigenvalue weighted by Gasteiger charge is 2.13. The first-order chi connectivity index (χ1) is 7.52. The Labute approximate surface area is 100.0 Å². The maximum Gasteiger partial charge on any atom is 0.235 e. The highest BCUT2D eigenvalue weighted by Crippen LogP contribution is 2.21. The molecule has 0 saturated carbocycles. The number of rotatable bonds is 5. The first-order valence-electron chi connectivity index (χ1n) is 5.05. The molecule has 0 saturated heterocycles. The molecule has 2 atom stereocenters. The van der Waals surface area contributed by atoms with Crippen molar-refractivity contribution in [2.24, 2.45) is 11.5 Å². The van der Waals surface area contributed by atoms with Crippen molar-refractivity contribution < 1.29 is 4.79 Å². The quantitative estimate of drug-likeness (QED) is 0.713. The summed E-state index contributed by atoms with van der Waals surface area (Å²) in [7, 11) is 0. The third-order valence-electron chi connectivity index (χ3n) is 2.38. The van der Waals surface area contributed by atoms with Crippen LogP contribution in [-0.2, 0) is 4.79 Å². The van der Waals surface area contributed by atoms with Gasteiger partial charge in [0.2, 0.25) is 5.91 Å². The summed E-state index contributed by atoms with van der Waals surface area (Å²) in [6.07, 6.45) is 0. The first kappa shape index (κ1) is 13.0. The Morgan fingerprint density at radius 2 is 2.12 bits per heavy atom. The lowest BCUT2D eigenvalue weighted by Gasteiger charge is -2.17. The number of carbonyl (C=O) groups is 1. The monoisotopic (exact) mass is 241 g/mol. The minimum absolute atomic E-state index is 0.0269. The summed E-state index contributed by atoms with van der Waals surface area (Å²) in [5.41, 5.74) is 11.5. The maximum atomic E-state index is 10.7. The van der Waals surface area contributed by atoms with Gasteiger partial charge in [-0.2, -0.15) is 0 Å². The Bertz CT molecular complexity index is 370. The van der Waals surface area contributed by atoms with Crippen LogP contribution in [0, 0.1) is 0 Å². The van der Waals surface area contributed by atoms with Gasteiger partial charge in [-0.1, -0.05) is 29.8 Å². The third kappa shape index (κ3) is 3.48. The molecule has 0 spiro atoms. The van der Waals surface area contributed by atoms with Gasteiger partial charge in [-0.3, -0.25) is 4.79 Å². The van der Waals surface area contributed by atoms with Gasteiger partial charge in [0.05, 0.1) is 6.04 Å². The van der Waals surface area contributed by atoms with E-state index in [-0.39, 0.29) is 6.04 Å². The lowest BCUT2D eigenvalue weighted by atomic mass is 10.1. The summed E-state index contributed by atoms with van der Waals surface area (Å²) in [5, 5.41) is 3.80. The number of carbonyl (C=O) groups excluding carboxylic acids is 1. The van der Waals surface area contributed by atoms with Crippen molar-refractivity contribution in [1.29, 1.82) is 0 Å². The van der Waals surface area contributed by atoms with Crippen molar-refractivity contribution in [2.45, 2.75) is 19.0 Å². The van der Waals surface area contributed by atoms with E-state index in [1.54, 1.807) is 0 Å². The van der Waals surface area contributed by atoms with Gasteiger partial charge in [0.1, 0.15) is 0 Å². The van der Waals surface area contributed by atoms with Crippen molar-refractivity contribution in [3.05, 3.63) is 34.9 Å². The highest BCUT2D eigenvalue weighted by molar-refractivity contribution is 6.31. The number of nitrogens with two attached hydrogens (primary N) is 2. The molecule has 5 heteroatoms. The standard InChI is InChI=1S/C11H16ClN3O/c1-7(15-6-10(13)11(14)16)8-4-2-3-5-9(8)12/h2-5,7,10,15H,6,13H2,1H3,(H2,14,16)/t7-,10?/m0/s1. The summed E-state index contributed by atoms with van der Waals surface area (Å²) < 4.78 is 0. The maximum absolute atomic E-state index is 10.7. The largest absolute Gasteiger partial charge is 0.368 e. The smallest absolute Gasteiger partial charge is 0.235 e. The summed E-state index contributed by atoms with van der Waals surface area (Å²) >= 11 is 6.03. The predicted octanol–water partition coefficient (Wildman–Crippen LogP) is 0.803. The molecule has 1 amide bonds. The van der Waals surface area contributed by atoms with Crippen LogP contribution < -0.4 is 16.8 Å². The Morgan fingerprint density at radius 3 is 2.69 bits per heavy atom. The molecular weight excluding hydrogens is 226 g/mol. The average Bonchev–Trinajstić information content (AvgIpc) is 2.25. The molecule has 0 radical (unpaired) electrons. The van der Waals surface area contributed by atoms with Crippen LogP contribution in [0.15, 0.2) is 24.3 Å². The fraction of sp³-hybridized carbons (Fsp3) is 0.364. The number of benzene rings is 1. The summed E-state index contributed by atoms with van der Waals surface area (Å²) in [4.78, 5) is 10.7. The van der Waals surface area contributed by atoms with Crippen molar-refractivity contribution in [1.82, 2.24) is 5.32 Å². The van der Waals surface area contributed by atoms with Gasteiger partial charge in [-0.05, 0) is 18.6 Å². The molecule has 0 bridgehead atoms. The summed E-state index contributed by atoms with van der Waals surface area (Å²) in [5.74, 6) is -0.515. The molecule has 88 valence electrons. The van der Waals surface area contributed by atoms with E-state index in [1.807, 2.05) is 31.2 Å². The van der Waals surface area contributed by atoms with Gasteiger partial charge >= 0.3 is 0 Å². The lowest BCUT2D eigenvalue weighted by molar-refractivity contribution is -0.119. The molecule has 1 aromatic carbocycles. The Kier molecular flexibility index (Phi) is 4.73. The number of hydrogen-bond acceptors (Lipinski definition) is 3. The molecular formula is C11H16ClN3O. The van der Waals surface area contributed by atoms with Crippen LogP contribution in [0.1, 0.15) is 18.5 Å². The molecule has 0 fully saturated rings. The topological polar surface area (TPSA) is 81.1 Å². The van der Waals surface area contributed by atoms with E-state index in [4.69, 9.17) is 23.1 Å². The Balaban J connectivity index is 2.56. The van der Waals surface area contributed by atoms with Gasteiger partial charge in [0, 0.05) is 17.6 Å². The lowest BCUT2D eigenvalue weighted by Crippen LogP contribution is -2.44. The van der Waals surface area contributed by atoms with Gasteiger partial charge in [-0.25, -0.2) is 0 Å². The number of primary amides is 1. The zero-order chi connectivity index (χ0) is 12.1. The first-order valence-corrected chi connectivity index (χ1v) is 5.43. The molecule has 1 unspecified atom stereocenters. The average molecular weight is 242 g/mol. The van der Waals surface area contributed by atoms with Gasteiger partial charge in [-0.15, -0.1) is 0 Å². The number of halogens is 1. The van der Waals surface area contributed by atoms with Crippen LogP contribution in [-0.4, -0.2) is 18.5 Å². The van der Waals surface area contributed by atoms with Crippen molar-refractivity contribution in [2.75, 3.05) is 6.54 Å². The second-order valence-corrected chi connectivity index (χ2v) is 4.07. The van der Waals surface area contributed by atoms with Crippen molar-refractivity contribution in [3.8, 4) is 0 Å². The van der Waals surface area contributed by atoms with Crippen molar-refractivity contribution in [3.63, 3.8) is 0 Å². The van der Waals surface area contributed by atoms with E-state index < -0.39 is 11.9 Å². The predicted molar refractivity (Wildman–Crippen MR) is 65.0 cm³/mol. The van der Waals surface area contributed by atoms with Gasteiger partial charge in [0.15, 0.2) is 0 Å². The molecule has 0 aliphatic carbocycles. The third-order valence-corrected chi connectivity index (χ3v) is 2.73. The minimum atomic E-state index is -0.676. The van der Waals surface area contributed by atoms with E-state index in [9.17, 15) is 4.79 Å². The Hall–Kier alpha value is -1.10. The normalized spacial score (nSPS) is 14.4. The SMILES string of the molecule is C[C@H](NCC(N)C(N)=O)c1ccccc1Cl. The zero-order valence-electron chi connectivity index (χ0n) is 9.11. The summed E-state index contributed by atoms with van der Waals surface area (Å²) in [6.45, 7) is 2.29. The fourth-order valence-electron chi connectivity index (χ4n) is 1.34. The number of amides is 1. The second-order valence-electron chi connectivity index (χ2n) is 3.66. The van der Waals surface area contributed by atoms with Gasteiger partial charge < -0.3 is 16.8 Å². The molecule has 0 aliphatic rings.